The Balaban J connectivity index is 1.86. The quantitative estimate of drug-likeness (QED) is 0.726. The number of aliphatic carboxylic acids is 1. The fraction of sp³-hybridized carbons (Fsp3) is 0.812. The minimum Gasteiger partial charge on any atom is -0.481 e. The molecule has 1 saturated heterocycles. The highest BCUT2D eigenvalue weighted by molar-refractivity contribution is 5.88. The van der Waals surface area contributed by atoms with Gasteiger partial charge in [0.1, 0.15) is 0 Å². The van der Waals surface area contributed by atoms with Gasteiger partial charge in [-0.2, -0.15) is 0 Å². The second-order valence-electron chi connectivity index (χ2n) is 6.32. The monoisotopic (exact) mass is 310 g/mol. The van der Waals surface area contributed by atoms with Crippen LogP contribution in [0, 0.1) is 11.8 Å². The average molecular weight is 310 g/mol. The van der Waals surface area contributed by atoms with E-state index in [4.69, 9.17) is 5.11 Å². The predicted molar refractivity (Wildman–Crippen MR) is 81.1 cm³/mol. The minimum atomic E-state index is -0.853. The molecule has 2 rings (SSSR count). The number of nitrogens with one attached hydrogen (secondary N) is 1. The van der Waals surface area contributed by atoms with E-state index >= 15 is 0 Å². The van der Waals surface area contributed by atoms with Crippen LogP contribution in [0.15, 0.2) is 0 Å². The standard InChI is InChI=1S/C16H26N2O4/c19-14(20)8-5-9-17-15(21)12-6-1-2-7-13(12)16(22)18-10-3-4-11-18/h12-13H,1-11H2,(H,17,21)(H,19,20). The topological polar surface area (TPSA) is 86.7 Å². The molecule has 124 valence electrons. The van der Waals surface area contributed by atoms with Gasteiger partial charge in [-0.05, 0) is 32.1 Å². The summed E-state index contributed by atoms with van der Waals surface area (Å²) in [7, 11) is 0. The van der Waals surface area contributed by atoms with Crippen LogP contribution in [0.4, 0.5) is 0 Å². The van der Waals surface area contributed by atoms with Crippen LogP contribution >= 0.6 is 0 Å². The lowest BCUT2D eigenvalue weighted by molar-refractivity contribution is -0.142. The number of carbonyl (C=O) groups excluding carboxylic acids is 2. The molecule has 1 heterocycles. The lowest BCUT2D eigenvalue weighted by Gasteiger charge is -2.32. The van der Waals surface area contributed by atoms with E-state index in [-0.39, 0.29) is 30.1 Å². The highest BCUT2D eigenvalue weighted by atomic mass is 16.4. The van der Waals surface area contributed by atoms with E-state index in [9.17, 15) is 14.4 Å². The normalized spacial score (nSPS) is 25.0. The number of nitrogens with zero attached hydrogens (tertiary/aromatic N) is 1. The molecule has 2 atom stereocenters. The first-order valence-corrected chi connectivity index (χ1v) is 8.38. The van der Waals surface area contributed by atoms with Crippen molar-refractivity contribution >= 4 is 17.8 Å². The van der Waals surface area contributed by atoms with Crippen molar-refractivity contribution in [3.63, 3.8) is 0 Å². The third-order valence-electron chi connectivity index (χ3n) is 4.70. The first-order chi connectivity index (χ1) is 10.6. The largest absolute Gasteiger partial charge is 0.481 e. The molecule has 2 N–H and O–H groups in total. The van der Waals surface area contributed by atoms with E-state index in [1.54, 1.807) is 0 Å². The number of hydrogen-bond donors (Lipinski definition) is 2. The van der Waals surface area contributed by atoms with E-state index in [0.717, 1.165) is 51.6 Å². The molecular formula is C16H26N2O4. The molecule has 0 aromatic rings. The second-order valence-corrected chi connectivity index (χ2v) is 6.32. The second kappa shape index (κ2) is 8.15. The van der Waals surface area contributed by atoms with Crippen LogP contribution in [-0.4, -0.2) is 47.4 Å². The Bertz CT molecular complexity index is 418. The fourth-order valence-corrected chi connectivity index (χ4v) is 3.49. The molecule has 6 nitrogen and oxygen atoms in total. The maximum atomic E-state index is 12.6. The molecule has 6 heteroatoms. The van der Waals surface area contributed by atoms with Crippen molar-refractivity contribution in [2.45, 2.75) is 51.4 Å². The van der Waals surface area contributed by atoms with Gasteiger partial charge in [-0.15, -0.1) is 0 Å². The molecule has 22 heavy (non-hydrogen) atoms. The van der Waals surface area contributed by atoms with Gasteiger partial charge in [-0.25, -0.2) is 0 Å². The number of carboxylic acid groups (broad SMARTS) is 1. The summed E-state index contributed by atoms with van der Waals surface area (Å²) in [5.74, 6) is -1.22. The smallest absolute Gasteiger partial charge is 0.303 e. The molecular weight excluding hydrogens is 284 g/mol. The van der Waals surface area contributed by atoms with E-state index in [1.165, 1.54) is 0 Å². The molecule has 0 aromatic heterocycles. The number of hydrogen-bond acceptors (Lipinski definition) is 3. The van der Waals surface area contributed by atoms with Crippen molar-refractivity contribution in [1.29, 1.82) is 0 Å². The maximum absolute atomic E-state index is 12.6. The van der Waals surface area contributed by atoms with Crippen LogP contribution in [0.25, 0.3) is 0 Å². The summed E-state index contributed by atoms with van der Waals surface area (Å²) in [5.41, 5.74) is 0. The first-order valence-electron chi connectivity index (χ1n) is 8.38. The van der Waals surface area contributed by atoms with Crippen molar-refractivity contribution in [3.05, 3.63) is 0 Å². The van der Waals surface area contributed by atoms with Gasteiger partial charge in [0.05, 0.1) is 0 Å². The van der Waals surface area contributed by atoms with E-state index in [0.29, 0.717) is 13.0 Å². The Kier molecular flexibility index (Phi) is 6.21. The molecule has 0 radical (unpaired) electrons. The highest BCUT2D eigenvalue weighted by Crippen LogP contribution is 2.32. The third-order valence-corrected chi connectivity index (χ3v) is 4.70. The molecule has 0 bridgehead atoms. The van der Waals surface area contributed by atoms with Crippen molar-refractivity contribution in [2.24, 2.45) is 11.8 Å². The molecule has 0 spiro atoms. The zero-order valence-corrected chi connectivity index (χ0v) is 13.1. The summed E-state index contributed by atoms with van der Waals surface area (Å²) in [4.78, 5) is 37.3. The lowest BCUT2D eigenvalue weighted by Crippen LogP contribution is -2.44. The summed E-state index contributed by atoms with van der Waals surface area (Å²) in [6.45, 7) is 2.01. The first kappa shape index (κ1) is 16.8. The molecule has 2 amide bonds. The Morgan fingerprint density at radius 2 is 1.64 bits per heavy atom. The van der Waals surface area contributed by atoms with Crippen LogP contribution in [0.3, 0.4) is 0 Å². The Morgan fingerprint density at radius 1 is 1.00 bits per heavy atom. The number of rotatable bonds is 6. The zero-order valence-electron chi connectivity index (χ0n) is 13.1. The number of carboxylic acids is 1. The summed E-state index contributed by atoms with van der Waals surface area (Å²) in [6, 6.07) is 0. The molecule has 2 fully saturated rings. The number of carbonyl (C=O) groups is 3. The van der Waals surface area contributed by atoms with Crippen LogP contribution in [-0.2, 0) is 14.4 Å². The Labute approximate surface area is 131 Å². The summed E-state index contributed by atoms with van der Waals surface area (Å²) >= 11 is 0. The fourth-order valence-electron chi connectivity index (χ4n) is 3.49. The molecule has 0 aromatic carbocycles. The van der Waals surface area contributed by atoms with Gasteiger partial charge in [0.15, 0.2) is 0 Å². The van der Waals surface area contributed by atoms with Crippen LogP contribution in [0.2, 0.25) is 0 Å². The van der Waals surface area contributed by atoms with E-state index in [1.807, 2.05) is 4.90 Å². The van der Waals surface area contributed by atoms with Crippen LogP contribution in [0.5, 0.6) is 0 Å². The van der Waals surface area contributed by atoms with Gasteiger partial charge < -0.3 is 15.3 Å². The maximum Gasteiger partial charge on any atom is 0.303 e. The van der Waals surface area contributed by atoms with Crippen molar-refractivity contribution < 1.29 is 19.5 Å². The van der Waals surface area contributed by atoms with Gasteiger partial charge in [0.2, 0.25) is 11.8 Å². The zero-order chi connectivity index (χ0) is 15.9. The van der Waals surface area contributed by atoms with Crippen molar-refractivity contribution in [3.8, 4) is 0 Å². The van der Waals surface area contributed by atoms with Gasteiger partial charge in [0, 0.05) is 37.9 Å². The molecule has 1 aliphatic carbocycles. The van der Waals surface area contributed by atoms with E-state index < -0.39 is 5.97 Å². The Hall–Kier alpha value is -1.59. The van der Waals surface area contributed by atoms with Gasteiger partial charge in [-0.3, -0.25) is 14.4 Å². The Morgan fingerprint density at radius 3 is 2.27 bits per heavy atom. The third kappa shape index (κ3) is 4.45. The number of amides is 2. The highest BCUT2D eigenvalue weighted by Gasteiger charge is 2.38. The summed E-state index contributed by atoms with van der Waals surface area (Å²) in [6.07, 6.45) is 6.15. The minimum absolute atomic E-state index is 0.0566. The number of likely N-dealkylation sites (tertiary alicyclic amines) is 1. The molecule has 1 aliphatic heterocycles. The van der Waals surface area contributed by atoms with Crippen LogP contribution in [0.1, 0.15) is 51.4 Å². The SMILES string of the molecule is O=C(O)CCCNC(=O)C1CCCCC1C(=O)N1CCCC1. The summed E-state index contributed by atoms with van der Waals surface area (Å²) in [5, 5.41) is 11.4. The molecule has 2 unspecified atom stereocenters. The van der Waals surface area contributed by atoms with E-state index in [2.05, 4.69) is 5.32 Å². The van der Waals surface area contributed by atoms with Crippen molar-refractivity contribution in [1.82, 2.24) is 10.2 Å². The molecule has 1 saturated carbocycles. The van der Waals surface area contributed by atoms with Gasteiger partial charge in [0.25, 0.3) is 0 Å². The summed E-state index contributed by atoms with van der Waals surface area (Å²) < 4.78 is 0. The van der Waals surface area contributed by atoms with Crippen LogP contribution < -0.4 is 5.32 Å². The molecule has 2 aliphatic rings. The van der Waals surface area contributed by atoms with Gasteiger partial charge in [-0.1, -0.05) is 12.8 Å². The predicted octanol–water partition coefficient (Wildman–Crippen LogP) is 1.40. The van der Waals surface area contributed by atoms with Crippen molar-refractivity contribution in [2.75, 3.05) is 19.6 Å². The lowest BCUT2D eigenvalue weighted by atomic mass is 9.78. The van der Waals surface area contributed by atoms with Gasteiger partial charge >= 0.3 is 5.97 Å². The average Bonchev–Trinajstić information content (AvgIpc) is 3.05.